The van der Waals surface area contributed by atoms with Crippen molar-refractivity contribution in [3.05, 3.63) is 15.5 Å². The van der Waals surface area contributed by atoms with Gasteiger partial charge in [0.25, 0.3) is 0 Å². The molecule has 62 valence electrons. The van der Waals surface area contributed by atoms with Gasteiger partial charge in [-0.1, -0.05) is 5.92 Å². The normalized spacial score (nSPS) is 9.42. The van der Waals surface area contributed by atoms with Crippen molar-refractivity contribution >= 4 is 28.4 Å². The van der Waals surface area contributed by atoms with Gasteiger partial charge in [0, 0.05) is 7.05 Å². The van der Waals surface area contributed by atoms with E-state index >= 15 is 0 Å². The Morgan fingerprint density at radius 1 is 1.92 bits per heavy atom. The third-order valence-electron chi connectivity index (χ3n) is 1.43. The first-order chi connectivity index (χ1) is 5.66. The van der Waals surface area contributed by atoms with Crippen molar-refractivity contribution in [1.29, 1.82) is 0 Å². The minimum Gasteiger partial charge on any atom is -0.293 e. The summed E-state index contributed by atoms with van der Waals surface area (Å²) < 4.78 is 2.47. The molecule has 1 aromatic heterocycles. The number of rotatable bonds is 2. The summed E-state index contributed by atoms with van der Waals surface area (Å²) in [5.74, 6) is 2.27. The number of hydrogen-bond donors (Lipinski definition) is 0. The molecule has 0 radical (unpaired) electrons. The lowest BCUT2D eigenvalue weighted by Gasteiger charge is -1.93. The molecule has 0 saturated heterocycles. The van der Waals surface area contributed by atoms with Crippen molar-refractivity contribution < 1.29 is 4.79 Å². The molecule has 0 saturated carbocycles. The lowest BCUT2D eigenvalue weighted by atomic mass is 10.2. The van der Waals surface area contributed by atoms with Crippen LogP contribution >= 0.6 is 22.6 Å². The fraction of sp³-hybridized carbons (Fsp3) is 0.250. The third-order valence-corrected chi connectivity index (χ3v) is 2.71. The SMILES string of the molecule is C#CCC(=O)c1cnn(C)c1I. The van der Waals surface area contributed by atoms with Crippen LogP contribution in [0, 0.1) is 16.0 Å². The molecule has 0 atom stereocenters. The zero-order valence-corrected chi connectivity index (χ0v) is 8.70. The molecule has 1 rings (SSSR count). The second-order valence-electron chi connectivity index (χ2n) is 2.28. The van der Waals surface area contributed by atoms with E-state index in [0.717, 1.165) is 3.70 Å². The van der Waals surface area contributed by atoms with Gasteiger partial charge in [-0.2, -0.15) is 5.10 Å². The molecule has 0 aliphatic rings. The maximum Gasteiger partial charge on any atom is 0.178 e. The maximum atomic E-state index is 11.3. The van der Waals surface area contributed by atoms with Gasteiger partial charge in [0.1, 0.15) is 3.70 Å². The zero-order chi connectivity index (χ0) is 9.14. The van der Waals surface area contributed by atoms with Gasteiger partial charge < -0.3 is 0 Å². The maximum absolute atomic E-state index is 11.3. The first-order valence-electron chi connectivity index (χ1n) is 3.31. The molecule has 0 spiro atoms. The van der Waals surface area contributed by atoms with E-state index in [1.807, 2.05) is 0 Å². The number of carbonyl (C=O) groups is 1. The highest BCUT2D eigenvalue weighted by atomic mass is 127. The molecule has 4 heteroatoms. The van der Waals surface area contributed by atoms with E-state index in [0.29, 0.717) is 5.56 Å². The number of hydrogen-bond acceptors (Lipinski definition) is 2. The Morgan fingerprint density at radius 3 is 3.00 bits per heavy atom. The Hall–Kier alpha value is -0.830. The summed E-state index contributed by atoms with van der Waals surface area (Å²) in [6.45, 7) is 0. The molecule has 12 heavy (non-hydrogen) atoms. The molecular weight excluding hydrogens is 267 g/mol. The molecule has 1 aromatic rings. The van der Waals surface area contributed by atoms with Crippen LogP contribution in [0.2, 0.25) is 0 Å². The fourth-order valence-corrected chi connectivity index (χ4v) is 1.36. The van der Waals surface area contributed by atoms with E-state index < -0.39 is 0 Å². The van der Waals surface area contributed by atoms with E-state index in [2.05, 4.69) is 33.6 Å². The first-order valence-corrected chi connectivity index (χ1v) is 4.39. The molecule has 0 bridgehead atoms. The molecule has 0 aliphatic carbocycles. The lowest BCUT2D eigenvalue weighted by molar-refractivity contribution is 0.0997. The largest absolute Gasteiger partial charge is 0.293 e. The topological polar surface area (TPSA) is 34.9 Å². The number of aryl methyl sites for hydroxylation is 1. The molecule has 0 aromatic carbocycles. The standard InChI is InChI=1S/C8H7IN2O/c1-3-4-7(12)6-5-10-11(2)8(6)9/h1,5H,4H2,2H3. The number of nitrogens with zero attached hydrogens (tertiary/aromatic N) is 2. The van der Waals surface area contributed by atoms with Crippen LogP contribution in [0.4, 0.5) is 0 Å². The minimum absolute atomic E-state index is 0.0463. The molecular formula is C8H7IN2O. The van der Waals surface area contributed by atoms with Crippen LogP contribution in [0.25, 0.3) is 0 Å². The Morgan fingerprint density at radius 2 is 2.58 bits per heavy atom. The molecule has 0 aliphatic heterocycles. The molecule has 0 fully saturated rings. The number of aromatic nitrogens is 2. The fourth-order valence-electron chi connectivity index (χ4n) is 0.798. The number of terminal acetylenes is 1. The van der Waals surface area contributed by atoms with Gasteiger partial charge in [-0.05, 0) is 22.6 Å². The number of halogens is 1. The molecule has 0 N–H and O–H groups in total. The summed E-state index contributed by atoms with van der Waals surface area (Å²) in [7, 11) is 1.79. The second-order valence-corrected chi connectivity index (χ2v) is 3.30. The van der Waals surface area contributed by atoms with Gasteiger partial charge in [0.15, 0.2) is 5.78 Å². The predicted molar refractivity (Wildman–Crippen MR) is 53.7 cm³/mol. The number of ketones is 1. The van der Waals surface area contributed by atoms with Crippen LogP contribution < -0.4 is 0 Å². The summed E-state index contributed by atoms with van der Waals surface area (Å²) in [4.78, 5) is 11.3. The average Bonchev–Trinajstić information content (AvgIpc) is 2.34. The predicted octanol–water partition coefficient (Wildman–Crippen LogP) is 1.23. The van der Waals surface area contributed by atoms with Gasteiger partial charge in [0.2, 0.25) is 0 Å². The summed E-state index contributed by atoms with van der Waals surface area (Å²) in [5, 5.41) is 3.94. The Kier molecular flexibility index (Phi) is 2.87. The minimum atomic E-state index is -0.0463. The average molecular weight is 274 g/mol. The van der Waals surface area contributed by atoms with E-state index in [1.165, 1.54) is 0 Å². The van der Waals surface area contributed by atoms with E-state index in [1.54, 1.807) is 17.9 Å². The lowest BCUT2D eigenvalue weighted by Crippen LogP contribution is -2.00. The smallest absolute Gasteiger partial charge is 0.178 e. The van der Waals surface area contributed by atoms with Crippen LogP contribution in [0.5, 0.6) is 0 Å². The second kappa shape index (κ2) is 3.72. The number of Topliss-reactive ketones (excluding diaryl/α,β-unsaturated/α-hetero) is 1. The quantitative estimate of drug-likeness (QED) is 0.462. The van der Waals surface area contributed by atoms with Crippen LogP contribution in [0.1, 0.15) is 16.8 Å². The third kappa shape index (κ3) is 1.67. The van der Waals surface area contributed by atoms with Crippen molar-refractivity contribution in [1.82, 2.24) is 9.78 Å². The first kappa shape index (κ1) is 9.26. The zero-order valence-electron chi connectivity index (χ0n) is 6.54. The summed E-state index contributed by atoms with van der Waals surface area (Å²) in [6.07, 6.45) is 6.71. The Balaban J connectivity index is 2.97. The monoisotopic (exact) mass is 274 g/mol. The van der Waals surface area contributed by atoms with Crippen molar-refractivity contribution in [3.8, 4) is 12.3 Å². The van der Waals surface area contributed by atoms with Crippen molar-refractivity contribution in [2.75, 3.05) is 0 Å². The summed E-state index contributed by atoms with van der Waals surface area (Å²) in [5.41, 5.74) is 0.607. The van der Waals surface area contributed by atoms with Crippen LogP contribution in [-0.2, 0) is 7.05 Å². The molecule has 0 unspecified atom stereocenters. The van der Waals surface area contributed by atoms with Crippen LogP contribution in [-0.4, -0.2) is 15.6 Å². The van der Waals surface area contributed by atoms with Crippen LogP contribution in [0.15, 0.2) is 6.20 Å². The van der Waals surface area contributed by atoms with Gasteiger partial charge in [-0.25, -0.2) is 0 Å². The summed E-state index contributed by atoms with van der Waals surface area (Å²) >= 11 is 2.07. The van der Waals surface area contributed by atoms with E-state index in [-0.39, 0.29) is 12.2 Å². The molecule has 0 amide bonds. The Bertz CT molecular complexity index is 348. The van der Waals surface area contributed by atoms with Crippen molar-refractivity contribution in [2.24, 2.45) is 7.05 Å². The number of carbonyl (C=O) groups excluding carboxylic acids is 1. The van der Waals surface area contributed by atoms with E-state index in [4.69, 9.17) is 6.42 Å². The summed E-state index contributed by atoms with van der Waals surface area (Å²) in [6, 6.07) is 0. The molecule has 3 nitrogen and oxygen atoms in total. The highest BCUT2D eigenvalue weighted by Crippen LogP contribution is 2.11. The van der Waals surface area contributed by atoms with Crippen molar-refractivity contribution in [2.45, 2.75) is 6.42 Å². The van der Waals surface area contributed by atoms with Crippen molar-refractivity contribution in [3.63, 3.8) is 0 Å². The van der Waals surface area contributed by atoms with Gasteiger partial charge in [-0.15, -0.1) is 6.42 Å². The van der Waals surface area contributed by atoms with Gasteiger partial charge in [0.05, 0.1) is 18.2 Å². The van der Waals surface area contributed by atoms with Gasteiger partial charge >= 0.3 is 0 Å². The van der Waals surface area contributed by atoms with Crippen LogP contribution in [0.3, 0.4) is 0 Å². The Labute approximate surface area is 84.3 Å². The molecule has 1 heterocycles. The van der Waals surface area contributed by atoms with E-state index in [9.17, 15) is 4.79 Å². The highest BCUT2D eigenvalue weighted by Gasteiger charge is 2.11. The highest BCUT2D eigenvalue weighted by molar-refractivity contribution is 14.1. The van der Waals surface area contributed by atoms with Gasteiger partial charge in [-0.3, -0.25) is 9.48 Å².